The number of benzene rings is 1. The van der Waals surface area contributed by atoms with Crippen LogP contribution in [0.25, 0.3) is 5.57 Å². The predicted molar refractivity (Wildman–Crippen MR) is 71.7 cm³/mol. The van der Waals surface area contributed by atoms with Crippen molar-refractivity contribution in [3.8, 4) is 0 Å². The van der Waals surface area contributed by atoms with E-state index in [1.165, 1.54) is 5.56 Å². The number of rotatable bonds is 4. The van der Waals surface area contributed by atoms with Gasteiger partial charge in [0.15, 0.2) is 0 Å². The van der Waals surface area contributed by atoms with Gasteiger partial charge in [0.1, 0.15) is 0 Å². The molecule has 0 bridgehead atoms. The summed E-state index contributed by atoms with van der Waals surface area (Å²) < 4.78 is 0. The fourth-order valence-electron chi connectivity index (χ4n) is 1.49. The lowest BCUT2D eigenvalue weighted by Crippen LogP contribution is -1.96. The van der Waals surface area contributed by atoms with Gasteiger partial charge in [0.2, 0.25) is 0 Å². The Bertz CT molecular complexity index is 428. The van der Waals surface area contributed by atoms with Crippen molar-refractivity contribution in [2.75, 3.05) is 5.73 Å². The van der Waals surface area contributed by atoms with Crippen LogP contribution in [0, 0.1) is 6.92 Å². The van der Waals surface area contributed by atoms with Crippen LogP contribution >= 0.6 is 0 Å². The van der Waals surface area contributed by atoms with Crippen LogP contribution in [-0.2, 0) is 0 Å². The molecule has 2 nitrogen and oxygen atoms in total. The molecule has 1 aromatic rings. The highest BCUT2D eigenvalue weighted by atomic mass is 14.8. The minimum Gasteiger partial charge on any atom is -0.399 e. The zero-order valence-corrected chi connectivity index (χ0v) is 9.83. The van der Waals surface area contributed by atoms with Gasteiger partial charge < -0.3 is 11.1 Å². The van der Waals surface area contributed by atoms with Crippen LogP contribution in [-0.4, -0.2) is 0 Å². The largest absolute Gasteiger partial charge is 0.399 e. The Morgan fingerprint density at radius 2 is 2.19 bits per heavy atom. The molecule has 0 unspecified atom stereocenters. The molecule has 0 aromatic heterocycles. The number of anilines is 1. The smallest absolute Gasteiger partial charge is 0.0320 e. The first-order valence-corrected chi connectivity index (χ1v) is 5.25. The summed E-state index contributed by atoms with van der Waals surface area (Å²) in [4.78, 5) is 0. The zero-order chi connectivity index (χ0) is 12.0. The first kappa shape index (κ1) is 12.1. The Hall–Kier alpha value is -1.96. The van der Waals surface area contributed by atoms with Gasteiger partial charge in [-0.05, 0) is 48.9 Å². The second kappa shape index (κ2) is 5.81. The van der Waals surface area contributed by atoms with Gasteiger partial charge in [0, 0.05) is 11.9 Å². The SMILES string of the molecule is C=CN/C=C(\C=C/C)c1cc(N)ccc1C. The monoisotopic (exact) mass is 214 g/mol. The van der Waals surface area contributed by atoms with Gasteiger partial charge in [-0.2, -0.15) is 0 Å². The summed E-state index contributed by atoms with van der Waals surface area (Å²) in [5.74, 6) is 0. The lowest BCUT2D eigenvalue weighted by molar-refractivity contribution is 1.20. The van der Waals surface area contributed by atoms with Crippen LogP contribution in [0.15, 0.2) is 49.3 Å². The van der Waals surface area contributed by atoms with Crippen molar-refractivity contribution in [2.45, 2.75) is 13.8 Å². The third kappa shape index (κ3) is 3.02. The molecule has 16 heavy (non-hydrogen) atoms. The van der Waals surface area contributed by atoms with Gasteiger partial charge in [0.25, 0.3) is 0 Å². The third-order valence-corrected chi connectivity index (χ3v) is 2.28. The average Bonchev–Trinajstić information content (AvgIpc) is 2.28. The summed E-state index contributed by atoms with van der Waals surface area (Å²) in [5, 5.41) is 2.99. The van der Waals surface area contributed by atoms with Gasteiger partial charge in [-0.25, -0.2) is 0 Å². The standard InChI is InChI=1S/C14H18N2/c1-4-6-12(10-16-5-2)14-9-13(15)8-7-11(14)3/h4-10,16H,2,15H2,1,3H3/b6-4-,12-10+. The summed E-state index contributed by atoms with van der Waals surface area (Å²) in [7, 11) is 0. The van der Waals surface area contributed by atoms with E-state index in [2.05, 4.69) is 18.8 Å². The first-order chi connectivity index (χ1) is 7.69. The van der Waals surface area contributed by atoms with Gasteiger partial charge in [-0.3, -0.25) is 0 Å². The Morgan fingerprint density at radius 3 is 2.81 bits per heavy atom. The first-order valence-electron chi connectivity index (χ1n) is 5.25. The molecule has 0 spiro atoms. The summed E-state index contributed by atoms with van der Waals surface area (Å²) in [6.45, 7) is 7.68. The molecule has 0 saturated heterocycles. The van der Waals surface area contributed by atoms with Crippen molar-refractivity contribution < 1.29 is 0 Å². The number of hydrogen-bond donors (Lipinski definition) is 2. The predicted octanol–water partition coefficient (Wildman–Crippen LogP) is 3.23. The Kier molecular flexibility index (Phi) is 4.40. The van der Waals surface area contributed by atoms with E-state index in [9.17, 15) is 0 Å². The minimum absolute atomic E-state index is 0.773. The molecule has 0 aliphatic rings. The normalized spacial score (nSPS) is 11.8. The van der Waals surface area contributed by atoms with Gasteiger partial charge in [0.05, 0.1) is 0 Å². The van der Waals surface area contributed by atoms with Gasteiger partial charge in [-0.15, -0.1) is 0 Å². The summed E-state index contributed by atoms with van der Waals surface area (Å²) in [6, 6.07) is 5.91. The summed E-state index contributed by atoms with van der Waals surface area (Å²) >= 11 is 0. The van der Waals surface area contributed by atoms with E-state index in [0.717, 1.165) is 16.8 Å². The number of aryl methyl sites for hydroxylation is 1. The van der Waals surface area contributed by atoms with Crippen molar-refractivity contribution in [1.29, 1.82) is 0 Å². The van der Waals surface area contributed by atoms with E-state index in [1.54, 1.807) is 6.20 Å². The maximum Gasteiger partial charge on any atom is 0.0320 e. The maximum atomic E-state index is 5.80. The van der Waals surface area contributed by atoms with Crippen molar-refractivity contribution >= 4 is 11.3 Å². The molecular formula is C14H18N2. The van der Waals surface area contributed by atoms with Crippen molar-refractivity contribution in [2.24, 2.45) is 0 Å². The molecule has 1 rings (SSSR count). The number of nitrogens with two attached hydrogens (primary N) is 1. The van der Waals surface area contributed by atoms with Gasteiger partial charge in [-0.1, -0.05) is 24.8 Å². The second-order valence-electron chi connectivity index (χ2n) is 3.54. The highest BCUT2D eigenvalue weighted by Crippen LogP contribution is 2.22. The number of nitrogens with one attached hydrogen (secondary N) is 1. The molecule has 0 heterocycles. The molecule has 1 aromatic carbocycles. The number of hydrogen-bond acceptors (Lipinski definition) is 2. The van der Waals surface area contributed by atoms with Crippen molar-refractivity contribution in [1.82, 2.24) is 5.32 Å². The van der Waals surface area contributed by atoms with Crippen LogP contribution in [0.1, 0.15) is 18.1 Å². The molecule has 0 aliphatic carbocycles. The van der Waals surface area contributed by atoms with E-state index in [1.807, 2.05) is 43.5 Å². The molecule has 0 saturated carbocycles. The minimum atomic E-state index is 0.773. The summed E-state index contributed by atoms with van der Waals surface area (Å²) in [5.41, 5.74) is 9.99. The topological polar surface area (TPSA) is 38.0 Å². The van der Waals surface area contributed by atoms with E-state index >= 15 is 0 Å². The quantitative estimate of drug-likeness (QED) is 0.596. The highest BCUT2D eigenvalue weighted by Gasteiger charge is 2.02. The maximum absolute atomic E-state index is 5.80. The van der Waals surface area contributed by atoms with E-state index < -0.39 is 0 Å². The Morgan fingerprint density at radius 1 is 1.44 bits per heavy atom. The van der Waals surface area contributed by atoms with Crippen LogP contribution < -0.4 is 11.1 Å². The van der Waals surface area contributed by atoms with Gasteiger partial charge >= 0.3 is 0 Å². The molecule has 0 amide bonds. The lowest BCUT2D eigenvalue weighted by atomic mass is 10.00. The van der Waals surface area contributed by atoms with Crippen molar-refractivity contribution in [3.05, 3.63) is 60.5 Å². The zero-order valence-electron chi connectivity index (χ0n) is 9.83. The summed E-state index contributed by atoms with van der Waals surface area (Å²) in [6.07, 6.45) is 7.59. The highest BCUT2D eigenvalue weighted by molar-refractivity contribution is 5.77. The van der Waals surface area contributed by atoms with Crippen LogP contribution in [0.3, 0.4) is 0 Å². The third-order valence-electron chi connectivity index (χ3n) is 2.28. The van der Waals surface area contributed by atoms with Crippen LogP contribution in [0.2, 0.25) is 0 Å². The second-order valence-corrected chi connectivity index (χ2v) is 3.54. The van der Waals surface area contributed by atoms with E-state index in [0.29, 0.717) is 0 Å². The fraction of sp³-hybridized carbons (Fsp3) is 0.143. The van der Waals surface area contributed by atoms with E-state index in [4.69, 9.17) is 5.73 Å². The molecular weight excluding hydrogens is 196 g/mol. The van der Waals surface area contributed by atoms with Crippen LogP contribution in [0.5, 0.6) is 0 Å². The number of allylic oxidation sites excluding steroid dienone is 3. The molecule has 0 fully saturated rings. The van der Waals surface area contributed by atoms with Crippen LogP contribution in [0.4, 0.5) is 5.69 Å². The molecule has 84 valence electrons. The molecule has 0 atom stereocenters. The Balaban J connectivity index is 3.19. The average molecular weight is 214 g/mol. The van der Waals surface area contributed by atoms with E-state index in [-0.39, 0.29) is 0 Å². The molecule has 0 aliphatic heterocycles. The molecule has 0 radical (unpaired) electrons. The number of nitrogen functional groups attached to an aromatic ring is 1. The van der Waals surface area contributed by atoms with Crippen molar-refractivity contribution in [3.63, 3.8) is 0 Å². The Labute approximate surface area is 97.2 Å². The molecule has 2 heteroatoms. The molecule has 3 N–H and O–H groups in total. The lowest BCUT2D eigenvalue weighted by Gasteiger charge is -2.08. The fourth-order valence-corrected chi connectivity index (χ4v) is 1.49.